The molecule has 0 spiro atoms. The van der Waals surface area contributed by atoms with Gasteiger partial charge in [-0.3, -0.25) is 4.79 Å². The van der Waals surface area contributed by atoms with E-state index in [1.54, 1.807) is 19.1 Å². The Morgan fingerprint density at radius 2 is 2.04 bits per heavy atom. The van der Waals surface area contributed by atoms with Crippen LogP contribution in [0.25, 0.3) is 11.4 Å². The maximum Gasteiger partial charge on any atom is 0.237 e. The largest absolute Gasteiger partial charge is 0.335 e. The number of fused-ring (bicyclic) bond motifs is 1. The number of hydrogen-bond acceptors (Lipinski definition) is 5. The quantitative estimate of drug-likeness (QED) is 0.509. The average Bonchev–Trinajstić information content (AvgIpc) is 3.28. The van der Waals surface area contributed by atoms with Gasteiger partial charge in [0.1, 0.15) is 5.82 Å². The molecule has 8 heteroatoms. The average molecular weight is 397 g/mol. The molecular formula is C20H20FN5OS. The molecule has 2 aromatic carbocycles. The van der Waals surface area contributed by atoms with Gasteiger partial charge >= 0.3 is 0 Å². The second-order valence-electron chi connectivity index (χ2n) is 6.77. The molecule has 28 heavy (non-hydrogen) atoms. The Morgan fingerprint density at radius 3 is 2.86 bits per heavy atom. The van der Waals surface area contributed by atoms with Crippen LogP contribution in [0.4, 0.5) is 10.1 Å². The van der Waals surface area contributed by atoms with Crippen molar-refractivity contribution >= 4 is 23.4 Å². The highest BCUT2D eigenvalue weighted by Crippen LogP contribution is 2.27. The molecule has 1 heterocycles. The third kappa shape index (κ3) is 3.73. The van der Waals surface area contributed by atoms with E-state index in [-0.39, 0.29) is 11.7 Å². The van der Waals surface area contributed by atoms with E-state index in [0.717, 1.165) is 18.5 Å². The topological polar surface area (TPSA) is 85.8 Å². The molecule has 1 aliphatic carbocycles. The Kier molecular flexibility index (Phi) is 5.04. The van der Waals surface area contributed by atoms with Crippen LogP contribution >= 0.6 is 11.8 Å². The van der Waals surface area contributed by atoms with E-state index < -0.39 is 5.25 Å². The number of nitrogens with zero attached hydrogens (tertiary/aromatic N) is 3. The second-order valence-corrected chi connectivity index (χ2v) is 8.08. The molecule has 1 amide bonds. The van der Waals surface area contributed by atoms with Crippen LogP contribution in [-0.4, -0.2) is 26.0 Å². The first-order chi connectivity index (χ1) is 13.5. The van der Waals surface area contributed by atoms with Gasteiger partial charge in [0.2, 0.25) is 11.1 Å². The van der Waals surface area contributed by atoms with E-state index in [9.17, 15) is 9.18 Å². The minimum atomic E-state index is -0.430. The zero-order valence-corrected chi connectivity index (χ0v) is 16.2. The molecular weight excluding hydrogens is 377 g/mol. The Labute approximate surface area is 166 Å². The lowest BCUT2D eigenvalue weighted by Gasteiger charge is -2.12. The second kappa shape index (κ2) is 7.63. The van der Waals surface area contributed by atoms with Gasteiger partial charge in [0.05, 0.1) is 5.25 Å². The molecule has 3 aromatic rings. The fraction of sp³-hybridized carbons (Fsp3) is 0.250. The van der Waals surface area contributed by atoms with E-state index in [1.165, 1.54) is 46.1 Å². The van der Waals surface area contributed by atoms with Gasteiger partial charge in [-0.2, -0.15) is 0 Å². The number of benzene rings is 2. The Balaban J connectivity index is 1.45. The monoisotopic (exact) mass is 397 g/mol. The molecule has 6 nitrogen and oxygen atoms in total. The summed E-state index contributed by atoms with van der Waals surface area (Å²) in [5, 5.41) is 11.0. The smallest absolute Gasteiger partial charge is 0.237 e. The minimum Gasteiger partial charge on any atom is -0.335 e. The van der Waals surface area contributed by atoms with Crippen LogP contribution < -0.4 is 11.2 Å². The molecule has 144 valence electrons. The predicted octanol–water partition coefficient (Wildman–Crippen LogP) is 3.41. The molecule has 0 saturated heterocycles. The third-order valence-electron chi connectivity index (χ3n) is 4.76. The Morgan fingerprint density at radius 1 is 1.21 bits per heavy atom. The van der Waals surface area contributed by atoms with Gasteiger partial charge in [-0.05, 0) is 61.6 Å². The number of nitrogens with two attached hydrogens (primary N) is 1. The van der Waals surface area contributed by atoms with Crippen LogP contribution in [0.1, 0.15) is 24.5 Å². The summed E-state index contributed by atoms with van der Waals surface area (Å²) in [6, 6.07) is 12.0. The number of rotatable bonds is 5. The summed E-state index contributed by atoms with van der Waals surface area (Å²) in [6.07, 6.45) is 3.33. The lowest BCUT2D eigenvalue weighted by Crippen LogP contribution is -2.23. The van der Waals surface area contributed by atoms with Gasteiger partial charge in [-0.15, -0.1) is 10.2 Å². The molecule has 0 saturated carbocycles. The highest BCUT2D eigenvalue weighted by molar-refractivity contribution is 8.00. The van der Waals surface area contributed by atoms with Crippen molar-refractivity contribution in [2.24, 2.45) is 0 Å². The Hall–Kier alpha value is -2.87. The molecule has 0 aliphatic heterocycles. The van der Waals surface area contributed by atoms with E-state index in [1.807, 2.05) is 12.1 Å². The first-order valence-electron chi connectivity index (χ1n) is 9.07. The number of halogens is 1. The zero-order valence-electron chi connectivity index (χ0n) is 15.4. The van der Waals surface area contributed by atoms with Crippen LogP contribution in [-0.2, 0) is 17.6 Å². The zero-order chi connectivity index (χ0) is 19.7. The number of nitrogens with one attached hydrogen (secondary N) is 1. The lowest BCUT2D eigenvalue weighted by molar-refractivity contribution is -0.115. The molecule has 4 rings (SSSR count). The highest BCUT2D eigenvalue weighted by atomic mass is 32.2. The standard InChI is InChI=1S/C20H20FN5OS/c1-12(19(27)23-17-9-8-13-4-2-5-14(13)11-17)28-20-25-24-18(26(20)22)15-6-3-7-16(21)10-15/h3,6-12H,2,4-5,22H2,1H3,(H,23,27)/t12-/m0/s1. The summed E-state index contributed by atoms with van der Waals surface area (Å²) in [4.78, 5) is 12.6. The molecule has 0 fully saturated rings. The van der Waals surface area contributed by atoms with E-state index in [2.05, 4.69) is 21.6 Å². The van der Waals surface area contributed by atoms with Crippen molar-refractivity contribution in [1.82, 2.24) is 14.9 Å². The fourth-order valence-corrected chi connectivity index (χ4v) is 4.06. The van der Waals surface area contributed by atoms with Crippen LogP contribution in [0, 0.1) is 5.82 Å². The van der Waals surface area contributed by atoms with Crippen molar-refractivity contribution < 1.29 is 9.18 Å². The number of amides is 1. The van der Waals surface area contributed by atoms with Crippen molar-refractivity contribution in [2.75, 3.05) is 11.2 Å². The minimum absolute atomic E-state index is 0.141. The van der Waals surface area contributed by atoms with Gasteiger partial charge in [-0.1, -0.05) is 30.0 Å². The number of anilines is 1. The normalized spacial score (nSPS) is 13.9. The van der Waals surface area contributed by atoms with Gasteiger partial charge in [0.15, 0.2) is 5.82 Å². The number of aryl methyl sites for hydroxylation is 2. The molecule has 1 atom stereocenters. The number of hydrogen-bond donors (Lipinski definition) is 2. The molecule has 0 bridgehead atoms. The number of carbonyl (C=O) groups is 1. The first-order valence-corrected chi connectivity index (χ1v) is 9.95. The predicted molar refractivity (Wildman–Crippen MR) is 108 cm³/mol. The van der Waals surface area contributed by atoms with Crippen LogP contribution in [0.2, 0.25) is 0 Å². The SMILES string of the molecule is C[C@H](Sc1nnc(-c2cccc(F)c2)n1N)C(=O)Nc1ccc2c(c1)CCC2. The summed E-state index contributed by atoms with van der Waals surface area (Å²) in [7, 11) is 0. The van der Waals surface area contributed by atoms with Crippen LogP contribution in [0.15, 0.2) is 47.6 Å². The molecule has 1 aromatic heterocycles. The number of nitrogen functional groups attached to an aromatic ring is 1. The maximum atomic E-state index is 13.4. The summed E-state index contributed by atoms with van der Waals surface area (Å²) in [6.45, 7) is 1.78. The van der Waals surface area contributed by atoms with Crippen molar-refractivity contribution in [3.63, 3.8) is 0 Å². The number of carbonyl (C=O) groups excluding carboxylic acids is 1. The van der Waals surface area contributed by atoms with Crippen molar-refractivity contribution in [2.45, 2.75) is 36.6 Å². The maximum absolute atomic E-state index is 13.4. The fourth-order valence-electron chi connectivity index (χ4n) is 3.29. The number of thioether (sulfide) groups is 1. The third-order valence-corrected chi connectivity index (χ3v) is 5.82. The first kappa shape index (κ1) is 18.5. The lowest BCUT2D eigenvalue weighted by atomic mass is 10.1. The summed E-state index contributed by atoms with van der Waals surface area (Å²) < 4.78 is 14.7. The molecule has 1 aliphatic rings. The summed E-state index contributed by atoms with van der Waals surface area (Å²) >= 11 is 1.20. The van der Waals surface area contributed by atoms with E-state index in [4.69, 9.17) is 5.84 Å². The van der Waals surface area contributed by atoms with Gasteiger partial charge in [0.25, 0.3) is 0 Å². The number of aromatic nitrogens is 3. The Bertz CT molecular complexity index is 1040. The van der Waals surface area contributed by atoms with Crippen LogP contribution in [0.3, 0.4) is 0 Å². The van der Waals surface area contributed by atoms with Crippen molar-refractivity contribution in [3.05, 3.63) is 59.4 Å². The van der Waals surface area contributed by atoms with E-state index in [0.29, 0.717) is 16.5 Å². The van der Waals surface area contributed by atoms with E-state index >= 15 is 0 Å². The van der Waals surface area contributed by atoms with Gasteiger partial charge in [-0.25, -0.2) is 9.07 Å². The molecule has 3 N–H and O–H groups in total. The van der Waals surface area contributed by atoms with Gasteiger partial charge < -0.3 is 11.2 Å². The summed E-state index contributed by atoms with van der Waals surface area (Å²) in [5.41, 5.74) is 3.99. The van der Waals surface area contributed by atoms with Crippen LogP contribution in [0.5, 0.6) is 0 Å². The van der Waals surface area contributed by atoms with Crippen molar-refractivity contribution in [1.29, 1.82) is 0 Å². The molecule has 0 radical (unpaired) electrons. The highest BCUT2D eigenvalue weighted by Gasteiger charge is 2.21. The van der Waals surface area contributed by atoms with Gasteiger partial charge in [0, 0.05) is 11.3 Å². The summed E-state index contributed by atoms with van der Waals surface area (Å²) in [5.74, 6) is 5.89. The van der Waals surface area contributed by atoms with Crippen molar-refractivity contribution in [3.8, 4) is 11.4 Å². The molecule has 0 unspecified atom stereocenters.